The molecule has 0 unspecified atom stereocenters. The lowest BCUT2D eigenvalue weighted by molar-refractivity contribution is -0.142. The summed E-state index contributed by atoms with van der Waals surface area (Å²) in [5.41, 5.74) is 25.8. The zero-order chi connectivity index (χ0) is 42.8. The maximum Gasteiger partial charge on any atom is 0.490 e. The summed E-state index contributed by atoms with van der Waals surface area (Å²) in [6.07, 6.45) is 2.70. The van der Waals surface area contributed by atoms with E-state index in [1.54, 1.807) is 12.1 Å². The third-order valence-electron chi connectivity index (χ3n) is 9.56. The van der Waals surface area contributed by atoms with Gasteiger partial charge in [-0.3, -0.25) is 33.6 Å². The van der Waals surface area contributed by atoms with Crippen molar-refractivity contribution in [2.75, 3.05) is 19.6 Å². The highest BCUT2D eigenvalue weighted by Gasteiger charge is 2.39. The Kier molecular flexibility index (Phi) is 19.2. The first kappa shape index (κ1) is 47.0. The maximum absolute atomic E-state index is 13.8. The molecule has 316 valence electrons. The van der Waals surface area contributed by atoms with Crippen LogP contribution < -0.4 is 49.5 Å². The lowest BCUT2D eigenvalue weighted by Crippen LogP contribution is -2.62. The monoisotopic (exact) mass is 808 g/mol. The molecule has 0 radical (unpaired) electrons. The molecule has 0 aliphatic carbocycles. The number of carbonyl (C=O) groups excluding carboxylic acids is 7. The molecule has 0 bridgehead atoms. The molecule has 3 rings (SSSR count). The molecular weight excluding hydrogens is 751 g/mol. The molecule has 0 aromatic heterocycles. The van der Waals surface area contributed by atoms with Crippen LogP contribution in [0.1, 0.15) is 80.6 Å². The standard InChI is InChI=1S/C38H57BN10O9/c1-2-3-7-23-10-12-24(13-11-23)25-14-16-26(17-15-25)33(52)44-20-18-31(51)45-27(8-4-5-19-40)37(56)49-21-6-9-29(49)35(54)47-32(42)36(55)46-28(22-30(41)50)34(53)48-38(43)39(57)58/h10-17,27-29,32,38,57-58H,2-9,18-22,40,42-43H2,1H3,(H2,41,50)(H,44,52)(H,45,51)(H,46,55)(H,47,54)(H,48,53)/t27-,28-,29-,32+,38+/m0/s1. The summed E-state index contributed by atoms with van der Waals surface area (Å²) in [6.45, 7) is 2.70. The topological polar surface area (TPSA) is 327 Å². The molecule has 5 atom stereocenters. The van der Waals surface area contributed by atoms with Gasteiger partial charge in [-0.15, -0.1) is 0 Å². The van der Waals surface area contributed by atoms with Crippen molar-refractivity contribution in [1.29, 1.82) is 0 Å². The number of rotatable bonds is 23. The summed E-state index contributed by atoms with van der Waals surface area (Å²) in [5, 5.41) is 30.2. The predicted octanol–water partition coefficient (Wildman–Crippen LogP) is -2.40. The number of primary amides is 1. The van der Waals surface area contributed by atoms with Crippen molar-refractivity contribution in [3.8, 4) is 11.1 Å². The van der Waals surface area contributed by atoms with Gasteiger partial charge < -0.3 is 64.5 Å². The second kappa shape index (κ2) is 23.7. The summed E-state index contributed by atoms with van der Waals surface area (Å²) in [4.78, 5) is 91.2. The molecule has 58 heavy (non-hydrogen) atoms. The average molecular weight is 809 g/mol. The fourth-order valence-corrected chi connectivity index (χ4v) is 6.30. The molecule has 1 aliphatic heterocycles. The van der Waals surface area contributed by atoms with Gasteiger partial charge in [0.2, 0.25) is 29.5 Å². The highest BCUT2D eigenvalue weighted by Crippen LogP contribution is 2.22. The van der Waals surface area contributed by atoms with Gasteiger partial charge in [-0.2, -0.15) is 0 Å². The number of aryl methyl sites for hydroxylation is 1. The van der Waals surface area contributed by atoms with E-state index in [1.165, 1.54) is 10.5 Å². The quantitative estimate of drug-likeness (QED) is 0.0318. The second-order valence-corrected chi connectivity index (χ2v) is 14.1. The van der Waals surface area contributed by atoms with Gasteiger partial charge in [0.05, 0.1) is 6.42 Å². The third-order valence-corrected chi connectivity index (χ3v) is 9.56. The molecule has 2 aromatic carbocycles. The summed E-state index contributed by atoms with van der Waals surface area (Å²) in [6, 6.07) is 10.2. The summed E-state index contributed by atoms with van der Waals surface area (Å²) >= 11 is 0. The van der Waals surface area contributed by atoms with Crippen molar-refractivity contribution in [2.24, 2.45) is 22.9 Å². The molecule has 1 aliphatic rings. The lowest BCUT2D eigenvalue weighted by atomic mass is 9.86. The first-order chi connectivity index (χ1) is 27.6. The fourth-order valence-electron chi connectivity index (χ4n) is 6.30. The van der Waals surface area contributed by atoms with E-state index < -0.39 is 79.3 Å². The van der Waals surface area contributed by atoms with Gasteiger partial charge in [0, 0.05) is 25.1 Å². The summed E-state index contributed by atoms with van der Waals surface area (Å²) in [7, 11) is -2.15. The van der Waals surface area contributed by atoms with Crippen LogP contribution in [0.5, 0.6) is 0 Å². The Labute approximate surface area is 337 Å². The SMILES string of the molecule is CCCCc1ccc(-c2ccc(C(=O)NCCC(=O)N[C@@H](CCCCN)C(=O)N3CCC[C@H]3C(=O)N[C@@H](N)C(=O)N[C@@H](CC(N)=O)C(=O)N[C@@H](N)B(O)O)cc2)cc1. The van der Waals surface area contributed by atoms with Gasteiger partial charge in [0.1, 0.15) is 24.2 Å². The molecule has 7 amide bonds. The number of likely N-dealkylation sites (tertiary alicyclic amines) is 1. The first-order valence-electron chi connectivity index (χ1n) is 19.5. The second-order valence-electron chi connectivity index (χ2n) is 14.1. The van der Waals surface area contributed by atoms with Crippen molar-refractivity contribution < 1.29 is 43.6 Å². The molecule has 0 saturated carbocycles. The lowest BCUT2D eigenvalue weighted by Gasteiger charge is -2.29. The van der Waals surface area contributed by atoms with Gasteiger partial charge in [-0.25, -0.2) is 0 Å². The minimum atomic E-state index is -2.15. The van der Waals surface area contributed by atoms with Crippen molar-refractivity contribution in [2.45, 2.75) is 101 Å². The Morgan fingerprint density at radius 1 is 0.845 bits per heavy atom. The molecule has 2 aromatic rings. The highest BCUT2D eigenvalue weighted by molar-refractivity contribution is 6.43. The number of unbranched alkanes of at least 4 members (excludes halogenated alkanes) is 2. The number of hydrogen-bond donors (Lipinski definition) is 11. The van der Waals surface area contributed by atoms with Gasteiger partial charge in [0.25, 0.3) is 11.8 Å². The number of hydrogen-bond acceptors (Lipinski definition) is 12. The molecular formula is C38H57BN10O9. The third kappa shape index (κ3) is 14.8. The normalized spacial score (nSPS) is 15.6. The van der Waals surface area contributed by atoms with E-state index in [2.05, 4.69) is 52.5 Å². The van der Waals surface area contributed by atoms with Crippen LogP contribution in [0.4, 0.5) is 0 Å². The number of benzene rings is 2. The van der Waals surface area contributed by atoms with E-state index in [9.17, 15) is 33.6 Å². The smallest absolute Gasteiger partial charge is 0.425 e. The molecule has 1 saturated heterocycles. The molecule has 1 heterocycles. The van der Waals surface area contributed by atoms with Crippen molar-refractivity contribution in [1.82, 2.24) is 31.5 Å². The van der Waals surface area contributed by atoms with E-state index in [1.807, 2.05) is 17.4 Å². The first-order valence-corrected chi connectivity index (χ1v) is 19.5. The largest absolute Gasteiger partial charge is 0.490 e. The van der Waals surface area contributed by atoms with E-state index in [4.69, 9.17) is 33.0 Å². The van der Waals surface area contributed by atoms with Crippen LogP contribution >= 0.6 is 0 Å². The van der Waals surface area contributed by atoms with E-state index in [0.717, 1.165) is 30.4 Å². The van der Waals surface area contributed by atoms with Crippen LogP contribution in [0.15, 0.2) is 48.5 Å². The predicted molar refractivity (Wildman–Crippen MR) is 215 cm³/mol. The van der Waals surface area contributed by atoms with Gasteiger partial charge in [0.15, 0.2) is 6.17 Å². The number of amides is 7. The Morgan fingerprint density at radius 2 is 1.50 bits per heavy atom. The van der Waals surface area contributed by atoms with E-state index >= 15 is 0 Å². The summed E-state index contributed by atoms with van der Waals surface area (Å²) < 4.78 is 0. The number of carbonyl (C=O) groups is 7. The fraction of sp³-hybridized carbons (Fsp3) is 0.500. The maximum atomic E-state index is 13.8. The van der Waals surface area contributed by atoms with Crippen LogP contribution in [0.3, 0.4) is 0 Å². The minimum absolute atomic E-state index is 0.00218. The Balaban J connectivity index is 1.56. The van der Waals surface area contributed by atoms with Crippen LogP contribution in [-0.2, 0) is 35.2 Å². The van der Waals surface area contributed by atoms with Crippen LogP contribution in [0.2, 0.25) is 0 Å². The van der Waals surface area contributed by atoms with Gasteiger partial charge in [-0.1, -0.05) is 49.7 Å². The molecule has 0 spiro atoms. The number of nitrogens with zero attached hydrogens (tertiary/aromatic N) is 1. The molecule has 19 nitrogen and oxygen atoms in total. The number of nitrogens with two attached hydrogens (primary N) is 4. The zero-order valence-corrected chi connectivity index (χ0v) is 32.8. The Hall–Kier alpha value is -5.41. The van der Waals surface area contributed by atoms with Crippen molar-refractivity contribution >= 4 is 48.5 Å². The summed E-state index contributed by atoms with van der Waals surface area (Å²) in [5.74, 6) is -5.32. The van der Waals surface area contributed by atoms with Gasteiger partial charge >= 0.3 is 7.12 Å². The minimum Gasteiger partial charge on any atom is -0.425 e. The Morgan fingerprint density at radius 3 is 2.10 bits per heavy atom. The molecule has 1 fully saturated rings. The van der Waals surface area contributed by atoms with E-state index in [-0.39, 0.29) is 38.3 Å². The Bertz CT molecular complexity index is 1710. The van der Waals surface area contributed by atoms with Gasteiger partial charge in [-0.05, 0) is 80.3 Å². The van der Waals surface area contributed by atoms with E-state index in [0.29, 0.717) is 31.4 Å². The zero-order valence-electron chi connectivity index (χ0n) is 32.8. The van der Waals surface area contributed by atoms with Crippen LogP contribution in [0, 0.1) is 0 Å². The van der Waals surface area contributed by atoms with Crippen molar-refractivity contribution in [3.63, 3.8) is 0 Å². The average Bonchev–Trinajstić information content (AvgIpc) is 3.69. The molecule has 15 N–H and O–H groups in total. The van der Waals surface area contributed by atoms with Crippen LogP contribution in [0.25, 0.3) is 11.1 Å². The highest BCUT2D eigenvalue weighted by atomic mass is 16.4. The molecule has 20 heteroatoms. The number of nitrogens with one attached hydrogen (secondary N) is 5. The van der Waals surface area contributed by atoms with Crippen LogP contribution in [-0.4, -0.2) is 113 Å². The van der Waals surface area contributed by atoms with Crippen molar-refractivity contribution in [3.05, 3.63) is 59.7 Å².